The lowest BCUT2D eigenvalue weighted by atomic mass is 9.97. The molecule has 2 atom stereocenters. The number of aliphatic hydroxyl groups excluding tert-OH is 2. The molecule has 3 aromatic rings. The van der Waals surface area contributed by atoms with Crippen molar-refractivity contribution < 1.29 is 42.1 Å². The molecule has 13 nitrogen and oxygen atoms in total. The van der Waals surface area contributed by atoms with E-state index in [0.29, 0.717) is 46.7 Å². The zero-order valence-electron chi connectivity index (χ0n) is 28.8. The maximum Gasteiger partial charge on any atom is 0.358 e. The molecule has 0 spiro atoms. The number of aryl methyl sites for hydroxylation is 3. The summed E-state index contributed by atoms with van der Waals surface area (Å²) in [6.45, 7) is 9.14. The molecule has 0 aliphatic carbocycles. The molecule has 2 N–H and O–H groups in total. The Morgan fingerprint density at radius 3 is 2.16 bits per heavy atom. The van der Waals surface area contributed by atoms with Crippen LogP contribution in [0.4, 0.5) is 10.3 Å². The Morgan fingerprint density at radius 1 is 0.939 bits per heavy atom. The van der Waals surface area contributed by atoms with Crippen molar-refractivity contribution in [3.05, 3.63) is 70.2 Å². The Balaban J connectivity index is 1.57. The molecule has 0 fully saturated rings. The molecule has 49 heavy (non-hydrogen) atoms. The Kier molecular flexibility index (Phi) is 13.9. The molecule has 1 aromatic carbocycles. The van der Waals surface area contributed by atoms with Gasteiger partial charge in [-0.1, -0.05) is 26.0 Å². The van der Waals surface area contributed by atoms with E-state index in [1.165, 1.54) is 37.4 Å². The summed E-state index contributed by atoms with van der Waals surface area (Å²) in [5.74, 6) is -1.96. The zero-order valence-corrected chi connectivity index (χ0v) is 29.6. The SMILES string of the molecule is Cc1nc(C)c(C(=O)OCCCCOC(=O)C[C@@H](O)C[C@H](O)/C=C/c2c(-c3ccc(F)cc3)nc(N(C)S(C)(=O)=O)nc2C(C)C)nc1C. The Labute approximate surface area is 286 Å². The number of nitrogens with zero attached hydrogens (tertiary/aromatic N) is 5. The van der Waals surface area contributed by atoms with Gasteiger partial charge in [-0.25, -0.2) is 36.9 Å². The zero-order chi connectivity index (χ0) is 36.5. The van der Waals surface area contributed by atoms with Crippen molar-refractivity contribution in [2.45, 2.75) is 78.4 Å². The highest BCUT2D eigenvalue weighted by Crippen LogP contribution is 2.32. The van der Waals surface area contributed by atoms with Gasteiger partial charge in [-0.05, 0) is 63.8 Å². The van der Waals surface area contributed by atoms with Crippen LogP contribution in [0.2, 0.25) is 0 Å². The van der Waals surface area contributed by atoms with Crippen LogP contribution in [0.1, 0.15) is 84.3 Å². The first-order valence-electron chi connectivity index (χ1n) is 15.8. The van der Waals surface area contributed by atoms with Crippen LogP contribution in [0, 0.1) is 26.6 Å². The second kappa shape index (κ2) is 17.4. The predicted molar refractivity (Wildman–Crippen MR) is 182 cm³/mol. The molecule has 0 bridgehead atoms. The van der Waals surface area contributed by atoms with Crippen molar-refractivity contribution in [1.82, 2.24) is 19.9 Å². The summed E-state index contributed by atoms with van der Waals surface area (Å²) < 4.78 is 49.6. The van der Waals surface area contributed by atoms with E-state index in [1.807, 2.05) is 20.8 Å². The lowest BCUT2D eigenvalue weighted by molar-refractivity contribution is -0.146. The van der Waals surface area contributed by atoms with E-state index in [-0.39, 0.29) is 43.6 Å². The lowest BCUT2D eigenvalue weighted by Crippen LogP contribution is -2.27. The lowest BCUT2D eigenvalue weighted by Gasteiger charge is -2.20. The van der Waals surface area contributed by atoms with Gasteiger partial charge < -0.3 is 19.7 Å². The number of esters is 2. The molecule has 3 rings (SSSR count). The Hall–Kier alpha value is -4.34. The summed E-state index contributed by atoms with van der Waals surface area (Å²) in [5, 5.41) is 21.1. The number of ether oxygens (including phenoxy) is 2. The highest BCUT2D eigenvalue weighted by atomic mass is 32.2. The van der Waals surface area contributed by atoms with E-state index in [1.54, 1.807) is 19.9 Å². The fourth-order valence-corrected chi connectivity index (χ4v) is 5.01. The van der Waals surface area contributed by atoms with Gasteiger partial charge in [0.25, 0.3) is 0 Å². The molecule has 15 heteroatoms. The first-order valence-corrected chi connectivity index (χ1v) is 17.6. The number of anilines is 1. The fourth-order valence-electron chi connectivity index (χ4n) is 4.63. The van der Waals surface area contributed by atoms with Crippen LogP contribution >= 0.6 is 0 Å². The summed E-state index contributed by atoms with van der Waals surface area (Å²) >= 11 is 0. The van der Waals surface area contributed by atoms with Crippen molar-refractivity contribution in [2.24, 2.45) is 0 Å². The van der Waals surface area contributed by atoms with Crippen molar-refractivity contribution in [3.63, 3.8) is 0 Å². The number of unbranched alkanes of at least 4 members (excludes halogenated alkanes) is 1. The van der Waals surface area contributed by atoms with Gasteiger partial charge in [-0.3, -0.25) is 9.78 Å². The largest absolute Gasteiger partial charge is 0.466 e. The number of benzene rings is 1. The first-order chi connectivity index (χ1) is 23.0. The van der Waals surface area contributed by atoms with Crippen LogP contribution in [0.3, 0.4) is 0 Å². The second-order valence-corrected chi connectivity index (χ2v) is 14.0. The van der Waals surface area contributed by atoms with Crippen molar-refractivity contribution in [1.29, 1.82) is 0 Å². The molecule has 0 aliphatic heterocycles. The van der Waals surface area contributed by atoms with E-state index in [2.05, 4.69) is 19.9 Å². The van der Waals surface area contributed by atoms with Crippen molar-refractivity contribution in [3.8, 4) is 11.3 Å². The number of aliphatic hydroxyl groups is 2. The number of hydrogen-bond donors (Lipinski definition) is 2. The number of hydrogen-bond acceptors (Lipinski definition) is 12. The number of sulfonamides is 1. The maximum absolute atomic E-state index is 13.7. The summed E-state index contributed by atoms with van der Waals surface area (Å²) in [6.07, 6.45) is 1.95. The van der Waals surface area contributed by atoms with Crippen LogP contribution in [0.15, 0.2) is 30.3 Å². The Morgan fingerprint density at radius 2 is 1.55 bits per heavy atom. The third-order valence-electron chi connectivity index (χ3n) is 7.52. The summed E-state index contributed by atoms with van der Waals surface area (Å²) in [5.41, 5.74) is 3.81. The molecule has 0 saturated heterocycles. The van der Waals surface area contributed by atoms with Crippen molar-refractivity contribution in [2.75, 3.05) is 30.8 Å². The van der Waals surface area contributed by atoms with E-state index >= 15 is 0 Å². The predicted octanol–water partition coefficient (Wildman–Crippen LogP) is 4.21. The number of aromatic nitrogens is 4. The van der Waals surface area contributed by atoms with Crippen LogP contribution in [-0.4, -0.2) is 89.2 Å². The highest BCUT2D eigenvalue weighted by Gasteiger charge is 2.23. The summed E-state index contributed by atoms with van der Waals surface area (Å²) in [4.78, 5) is 42.1. The second-order valence-electron chi connectivity index (χ2n) is 12.0. The minimum absolute atomic E-state index is 0.0582. The van der Waals surface area contributed by atoms with E-state index in [4.69, 9.17) is 9.47 Å². The van der Waals surface area contributed by atoms with Gasteiger partial charge in [0.1, 0.15) is 5.82 Å². The van der Waals surface area contributed by atoms with Crippen LogP contribution in [-0.2, 0) is 24.3 Å². The summed E-state index contributed by atoms with van der Waals surface area (Å²) in [6, 6.07) is 5.51. The van der Waals surface area contributed by atoms with Gasteiger partial charge in [0, 0.05) is 24.6 Å². The van der Waals surface area contributed by atoms with Crippen LogP contribution in [0.5, 0.6) is 0 Å². The van der Waals surface area contributed by atoms with Gasteiger partial charge in [0.2, 0.25) is 16.0 Å². The van der Waals surface area contributed by atoms with Gasteiger partial charge in [0.05, 0.1) is 66.6 Å². The number of carbonyl (C=O) groups excluding carboxylic acids is 2. The third-order valence-corrected chi connectivity index (χ3v) is 8.68. The van der Waals surface area contributed by atoms with E-state index < -0.39 is 40.0 Å². The molecule has 0 unspecified atom stereocenters. The molecule has 266 valence electrons. The summed E-state index contributed by atoms with van der Waals surface area (Å²) in [7, 11) is -2.36. The molecule has 0 radical (unpaired) electrons. The smallest absolute Gasteiger partial charge is 0.358 e. The average Bonchev–Trinajstić information content (AvgIpc) is 3.02. The van der Waals surface area contributed by atoms with Crippen LogP contribution < -0.4 is 4.31 Å². The molecule has 2 heterocycles. The minimum Gasteiger partial charge on any atom is -0.466 e. The van der Waals surface area contributed by atoms with Gasteiger partial charge in [0.15, 0.2) is 5.69 Å². The van der Waals surface area contributed by atoms with Gasteiger partial charge in [-0.2, -0.15) is 0 Å². The number of rotatable bonds is 16. The monoisotopic (exact) mass is 701 g/mol. The van der Waals surface area contributed by atoms with E-state index in [9.17, 15) is 32.6 Å². The molecule has 2 aromatic heterocycles. The number of carbonyl (C=O) groups is 2. The first kappa shape index (κ1) is 39.1. The minimum atomic E-state index is -3.69. The molecular formula is C34H44FN5O8S. The molecule has 0 amide bonds. The van der Waals surface area contributed by atoms with Crippen LogP contribution in [0.25, 0.3) is 17.3 Å². The third kappa shape index (κ3) is 11.4. The fraction of sp³-hybridized carbons (Fsp3) is 0.471. The van der Waals surface area contributed by atoms with Gasteiger partial charge >= 0.3 is 11.9 Å². The van der Waals surface area contributed by atoms with E-state index in [0.717, 1.165) is 16.3 Å². The quantitative estimate of drug-likeness (QED) is 0.161. The molecule has 0 saturated carbocycles. The standard InChI is InChI=1S/C34H44FN5O8S/c1-20(2)30-28(32(24-10-12-25(35)13-11-24)39-34(38-30)40(6)49(7,45)46)15-14-26(41)18-27(42)19-29(43)47-16-8-9-17-48-33(44)31-23(5)36-21(3)22(4)37-31/h10-15,20,26-27,41-42H,8-9,16-19H2,1-7H3/b15-14+/t26-,27+/m1/s1. The maximum atomic E-state index is 13.7. The highest BCUT2D eigenvalue weighted by molar-refractivity contribution is 7.92. The molecular weight excluding hydrogens is 657 g/mol. The van der Waals surface area contributed by atoms with Crippen molar-refractivity contribution >= 4 is 34.0 Å². The average molecular weight is 702 g/mol. The number of halogens is 1. The van der Waals surface area contributed by atoms with Gasteiger partial charge in [-0.15, -0.1) is 0 Å². The Bertz CT molecular complexity index is 1770. The normalized spacial score (nSPS) is 13.0. The molecule has 0 aliphatic rings. The topological polar surface area (TPSA) is 182 Å².